The predicted octanol–water partition coefficient (Wildman–Crippen LogP) is 5.64. The molecule has 3 atom stereocenters. The van der Waals surface area contributed by atoms with E-state index < -0.39 is 0 Å². The maximum absolute atomic E-state index is 3.86. The van der Waals surface area contributed by atoms with Gasteiger partial charge >= 0.3 is 0 Å². The van der Waals surface area contributed by atoms with Crippen LogP contribution in [0.2, 0.25) is 0 Å². The molecule has 0 radical (unpaired) electrons. The third-order valence-corrected chi connectivity index (χ3v) is 6.60. The number of benzene rings is 1. The Morgan fingerprint density at radius 1 is 1.24 bits per heavy atom. The summed E-state index contributed by atoms with van der Waals surface area (Å²) in [5.41, 5.74) is 5.65. The van der Waals surface area contributed by atoms with Crippen molar-refractivity contribution in [1.29, 1.82) is 0 Å². The molecule has 1 nitrogen and oxygen atoms in total. The van der Waals surface area contributed by atoms with Gasteiger partial charge in [-0.05, 0) is 55.3 Å². The summed E-state index contributed by atoms with van der Waals surface area (Å²) in [5.74, 6) is 0. The van der Waals surface area contributed by atoms with Crippen LogP contribution in [-0.2, 0) is 0 Å². The van der Waals surface area contributed by atoms with Gasteiger partial charge in [0.25, 0.3) is 0 Å². The van der Waals surface area contributed by atoms with E-state index >= 15 is 0 Å². The maximum Gasteiger partial charge on any atom is 0.0649 e. The Labute approximate surface area is 136 Å². The van der Waals surface area contributed by atoms with Crippen molar-refractivity contribution >= 4 is 23.1 Å². The molecular formula is C18H23NS2. The van der Waals surface area contributed by atoms with Crippen molar-refractivity contribution in [3.63, 3.8) is 0 Å². The Hall–Kier alpha value is -0.770. The first-order valence-corrected chi connectivity index (χ1v) is 9.37. The fourth-order valence-corrected chi connectivity index (χ4v) is 5.78. The van der Waals surface area contributed by atoms with Crippen LogP contribution in [-0.4, -0.2) is 5.25 Å². The van der Waals surface area contributed by atoms with Gasteiger partial charge in [-0.25, -0.2) is 0 Å². The van der Waals surface area contributed by atoms with E-state index in [-0.39, 0.29) is 0 Å². The minimum Gasteiger partial charge on any atom is -0.303 e. The number of thiophene rings is 1. The number of thioether (sulfide) groups is 1. The first kappa shape index (κ1) is 15.1. The number of hydrogen-bond donors (Lipinski definition) is 1. The van der Waals surface area contributed by atoms with E-state index in [2.05, 4.69) is 62.7 Å². The first-order valence-electron chi connectivity index (χ1n) is 7.62. The van der Waals surface area contributed by atoms with Gasteiger partial charge in [-0.2, -0.15) is 0 Å². The van der Waals surface area contributed by atoms with E-state index in [1.54, 1.807) is 0 Å². The lowest BCUT2D eigenvalue weighted by Crippen LogP contribution is -2.29. The van der Waals surface area contributed by atoms with Crippen molar-refractivity contribution in [2.24, 2.45) is 0 Å². The van der Waals surface area contributed by atoms with Crippen LogP contribution < -0.4 is 5.32 Å². The number of hydrogen-bond acceptors (Lipinski definition) is 3. The minimum atomic E-state index is 0.388. The van der Waals surface area contributed by atoms with Crippen LogP contribution in [0.3, 0.4) is 0 Å². The Balaban J connectivity index is 1.80. The van der Waals surface area contributed by atoms with E-state index in [0.29, 0.717) is 17.3 Å². The Bertz CT molecular complexity index is 632. The molecule has 1 aliphatic heterocycles. The zero-order valence-electron chi connectivity index (χ0n) is 13.1. The highest BCUT2D eigenvalue weighted by Crippen LogP contribution is 2.44. The lowest BCUT2D eigenvalue weighted by Gasteiger charge is -2.30. The molecule has 0 fully saturated rings. The van der Waals surface area contributed by atoms with Crippen LogP contribution in [0.4, 0.5) is 0 Å². The van der Waals surface area contributed by atoms with E-state index in [1.807, 2.05) is 23.1 Å². The summed E-state index contributed by atoms with van der Waals surface area (Å²) in [5, 5.41) is 6.78. The van der Waals surface area contributed by atoms with Crippen molar-refractivity contribution in [3.05, 3.63) is 51.9 Å². The molecule has 0 saturated heterocycles. The molecule has 1 aromatic carbocycles. The van der Waals surface area contributed by atoms with E-state index in [0.717, 1.165) is 0 Å². The zero-order chi connectivity index (χ0) is 15.0. The monoisotopic (exact) mass is 317 g/mol. The summed E-state index contributed by atoms with van der Waals surface area (Å²) >= 11 is 3.91. The summed E-state index contributed by atoms with van der Waals surface area (Å²) < 4.78 is 1.50. The highest BCUT2D eigenvalue weighted by atomic mass is 32.2. The van der Waals surface area contributed by atoms with Gasteiger partial charge in [-0.1, -0.05) is 30.7 Å². The quantitative estimate of drug-likeness (QED) is 0.786. The molecule has 21 heavy (non-hydrogen) atoms. The van der Waals surface area contributed by atoms with E-state index in [4.69, 9.17) is 0 Å². The Kier molecular flexibility index (Phi) is 4.43. The van der Waals surface area contributed by atoms with Gasteiger partial charge in [0.15, 0.2) is 0 Å². The van der Waals surface area contributed by atoms with Crippen LogP contribution in [0.25, 0.3) is 0 Å². The van der Waals surface area contributed by atoms with E-state index in [9.17, 15) is 0 Å². The SMILES string of the molecule is Cc1ccc(C(C)NC2C[C@H](C)Sc3sccc32)c(C)c1. The fourth-order valence-electron chi connectivity index (χ4n) is 3.21. The molecule has 0 aliphatic carbocycles. The topological polar surface area (TPSA) is 12.0 Å². The summed E-state index contributed by atoms with van der Waals surface area (Å²) in [6, 6.07) is 9.94. The largest absolute Gasteiger partial charge is 0.303 e. The second kappa shape index (κ2) is 6.15. The van der Waals surface area contributed by atoms with Crippen LogP contribution in [0.15, 0.2) is 33.9 Å². The normalized spacial score (nSPS) is 22.9. The molecule has 1 aromatic heterocycles. The molecule has 2 heterocycles. The van der Waals surface area contributed by atoms with Crippen molar-refractivity contribution in [1.82, 2.24) is 5.32 Å². The molecule has 1 aliphatic rings. The van der Waals surface area contributed by atoms with Gasteiger partial charge in [0, 0.05) is 17.3 Å². The van der Waals surface area contributed by atoms with Gasteiger partial charge in [-0.15, -0.1) is 23.1 Å². The summed E-state index contributed by atoms with van der Waals surface area (Å²) in [4.78, 5) is 0. The molecule has 2 unspecified atom stereocenters. The molecular weight excluding hydrogens is 294 g/mol. The van der Waals surface area contributed by atoms with Gasteiger partial charge < -0.3 is 5.32 Å². The van der Waals surface area contributed by atoms with E-state index in [1.165, 1.54) is 32.9 Å². The lowest BCUT2D eigenvalue weighted by atomic mass is 9.97. The number of aryl methyl sites for hydroxylation is 2. The molecule has 0 amide bonds. The molecule has 1 N–H and O–H groups in total. The second-order valence-electron chi connectivity index (χ2n) is 6.13. The zero-order valence-corrected chi connectivity index (χ0v) is 14.8. The summed E-state index contributed by atoms with van der Waals surface area (Å²) in [7, 11) is 0. The third kappa shape index (κ3) is 3.20. The molecule has 0 spiro atoms. The molecule has 3 rings (SSSR count). The number of fused-ring (bicyclic) bond motifs is 1. The molecule has 2 aromatic rings. The third-order valence-electron chi connectivity index (χ3n) is 4.25. The lowest BCUT2D eigenvalue weighted by molar-refractivity contribution is 0.434. The average Bonchev–Trinajstić information content (AvgIpc) is 2.86. The van der Waals surface area contributed by atoms with Crippen molar-refractivity contribution in [3.8, 4) is 0 Å². The predicted molar refractivity (Wildman–Crippen MR) is 94.5 cm³/mol. The van der Waals surface area contributed by atoms with Gasteiger partial charge in [0.05, 0.1) is 4.21 Å². The van der Waals surface area contributed by atoms with Crippen molar-refractivity contribution < 1.29 is 0 Å². The number of nitrogens with one attached hydrogen (secondary N) is 1. The van der Waals surface area contributed by atoms with Crippen molar-refractivity contribution in [2.75, 3.05) is 0 Å². The van der Waals surface area contributed by atoms with Crippen LogP contribution >= 0.6 is 23.1 Å². The summed E-state index contributed by atoms with van der Waals surface area (Å²) in [6.07, 6.45) is 1.21. The fraction of sp³-hybridized carbons (Fsp3) is 0.444. The smallest absolute Gasteiger partial charge is 0.0649 e. The van der Waals surface area contributed by atoms with Gasteiger partial charge in [-0.3, -0.25) is 0 Å². The first-order chi connectivity index (χ1) is 10.0. The van der Waals surface area contributed by atoms with Gasteiger partial charge in [0.1, 0.15) is 0 Å². The molecule has 3 heteroatoms. The van der Waals surface area contributed by atoms with Crippen LogP contribution in [0, 0.1) is 13.8 Å². The maximum atomic E-state index is 3.86. The molecule has 0 bridgehead atoms. The van der Waals surface area contributed by atoms with Crippen LogP contribution in [0.5, 0.6) is 0 Å². The van der Waals surface area contributed by atoms with Crippen molar-refractivity contribution in [2.45, 2.75) is 55.7 Å². The minimum absolute atomic E-state index is 0.388. The Morgan fingerprint density at radius 3 is 2.81 bits per heavy atom. The average molecular weight is 318 g/mol. The molecule has 0 saturated carbocycles. The Morgan fingerprint density at radius 2 is 2.05 bits per heavy atom. The summed E-state index contributed by atoms with van der Waals surface area (Å²) in [6.45, 7) is 9.00. The highest BCUT2D eigenvalue weighted by molar-refractivity contribution is 8.01. The van der Waals surface area contributed by atoms with Crippen LogP contribution in [0.1, 0.15) is 54.6 Å². The number of rotatable bonds is 3. The standard InChI is InChI=1S/C18H23NS2/c1-11-5-6-15(12(2)9-11)14(4)19-17-10-13(3)21-18-16(17)7-8-20-18/h5-9,13-14,17,19H,10H2,1-4H3/t13-,14?,17?/m0/s1. The van der Waals surface area contributed by atoms with Gasteiger partial charge in [0.2, 0.25) is 0 Å². The highest BCUT2D eigenvalue weighted by Gasteiger charge is 2.27. The molecule has 112 valence electrons. The second-order valence-corrected chi connectivity index (χ2v) is 8.75.